The van der Waals surface area contributed by atoms with Gasteiger partial charge in [0.25, 0.3) is 5.91 Å². The Kier molecular flexibility index (Phi) is 7.59. The molecule has 3 N–H and O–H groups in total. The van der Waals surface area contributed by atoms with E-state index in [0.29, 0.717) is 22.0 Å². The van der Waals surface area contributed by atoms with Gasteiger partial charge < -0.3 is 16.0 Å². The van der Waals surface area contributed by atoms with Gasteiger partial charge in [0.2, 0.25) is 0 Å². The Bertz CT molecular complexity index is 1130. The Hall–Kier alpha value is -3.65. The largest absolute Gasteiger partial charge is 0.322 e. The molecule has 2 aromatic carbocycles. The number of carbonyl (C=O) groups is 2. The molecule has 7 nitrogen and oxygen atoms in total. The number of anilines is 1. The van der Waals surface area contributed by atoms with Crippen LogP contribution in [0, 0.1) is 0 Å². The number of allylic oxidation sites excluding steroid dienone is 3. The lowest BCUT2D eigenvalue weighted by atomic mass is 10.0. The van der Waals surface area contributed by atoms with Gasteiger partial charge >= 0.3 is 6.03 Å². The summed E-state index contributed by atoms with van der Waals surface area (Å²) in [6.45, 7) is 1.74. The quantitative estimate of drug-likeness (QED) is 0.548. The molecule has 9 heteroatoms. The van der Waals surface area contributed by atoms with Crippen LogP contribution < -0.4 is 16.0 Å². The second-order valence-corrected chi connectivity index (χ2v) is 8.46. The minimum Gasteiger partial charge on any atom is -0.322 e. The smallest absolute Gasteiger partial charge is 0.320 e. The van der Waals surface area contributed by atoms with E-state index < -0.39 is 23.8 Å². The second kappa shape index (κ2) is 11.0. The van der Waals surface area contributed by atoms with Crippen molar-refractivity contribution < 1.29 is 14.0 Å². The second-order valence-electron chi connectivity index (χ2n) is 8.02. The van der Waals surface area contributed by atoms with Crippen molar-refractivity contribution in [2.75, 3.05) is 18.4 Å². The summed E-state index contributed by atoms with van der Waals surface area (Å²) >= 11 is 5.88. The van der Waals surface area contributed by atoms with E-state index in [4.69, 9.17) is 11.6 Å². The third-order valence-electron chi connectivity index (χ3n) is 5.45. The number of nitrogens with zero attached hydrogens (tertiary/aromatic N) is 2. The van der Waals surface area contributed by atoms with Crippen LogP contribution in [0.5, 0.6) is 0 Å². The monoisotopic (exact) mass is 481 g/mol. The molecule has 1 aliphatic heterocycles. The SMILES string of the molecule is O=C(Nc1ccc(Cl)cc1)NC(C(=O)NC1=C(F)CC(=NN2CCCC2)C=C1)c1ccccc1. The van der Waals surface area contributed by atoms with Crippen molar-refractivity contribution in [1.82, 2.24) is 15.6 Å². The molecule has 3 amide bonds. The first-order valence-corrected chi connectivity index (χ1v) is 11.4. The first-order chi connectivity index (χ1) is 16.5. The molecule has 1 aliphatic carbocycles. The number of benzene rings is 2. The molecule has 4 rings (SSSR count). The van der Waals surface area contributed by atoms with Crippen LogP contribution in [-0.4, -0.2) is 35.7 Å². The lowest BCUT2D eigenvalue weighted by Crippen LogP contribution is -2.42. The maximum Gasteiger partial charge on any atom is 0.320 e. The van der Waals surface area contributed by atoms with Gasteiger partial charge in [0, 0.05) is 30.2 Å². The zero-order valence-electron chi connectivity index (χ0n) is 18.4. The number of hydrazone groups is 1. The molecule has 0 aromatic heterocycles. The molecule has 176 valence electrons. The van der Waals surface area contributed by atoms with Crippen LogP contribution in [0.25, 0.3) is 0 Å². The first kappa shape index (κ1) is 23.5. The molecule has 1 fully saturated rings. The van der Waals surface area contributed by atoms with Gasteiger partial charge in [-0.2, -0.15) is 5.10 Å². The van der Waals surface area contributed by atoms with Gasteiger partial charge in [-0.1, -0.05) is 41.9 Å². The number of halogens is 2. The van der Waals surface area contributed by atoms with Crippen LogP contribution in [0.4, 0.5) is 14.9 Å². The van der Waals surface area contributed by atoms with Gasteiger partial charge in [-0.25, -0.2) is 9.18 Å². The van der Waals surface area contributed by atoms with Gasteiger partial charge in [-0.3, -0.25) is 9.80 Å². The minimum atomic E-state index is -1.04. The predicted molar refractivity (Wildman–Crippen MR) is 131 cm³/mol. The Morgan fingerprint density at radius 1 is 0.971 bits per heavy atom. The summed E-state index contributed by atoms with van der Waals surface area (Å²) in [4.78, 5) is 25.7. The van der Waals surface area contributed by atoms with Crippen molar-refractivity contribution in [2.24, 2.45) is 5.10 Å². The number of hydrogen-bond donors (Lipinski definition) is 3. The van der Waals surface area contributed by atoms with Crippen molar-refractivity contribution in [2.45, 2.75) is 25.3 Å². The number of urea groups is 1. The van der Waals surface area contributed by atoms with E-state index in [1.807, 2.05) is 5.01 Å². The van der Waals surface area contributed by atoms with Gasteiger partial charge in [-0.05, 0) is 54.8 Å². The van der Waals surface area contributed by atoms with Crippen LogP contribution in [0.15, 0.2) is 83.4 Å². The number of carbonyl (C=O) groups excluding carboxylic acids is 2. The van der Waals surface area contributed by atoms with Gasteiger partial charge in [0.05, 0.1) is 11.4 Å². The summed E-state index contributed by atoms with van der Waals surface area (Å²) in [5, 5.41) is 14.9. The topological polar surface area (TPSA) is 85.8 Å². The van der Waals surface area contributed by atoms with Crippen LogP contribution in [0.1, 0.15) is 30.9 Å². The van der Waals surface area contributed by atoms with Crippen LogP contribution in [-0.2, 0) is 4.79 Å². The molecule has 0 saturated carbocycles. The standard InChI is InChI=1S/C25H25ClFN5O2/c26-18-8-10-19(11-9-18)28-25(34)30-23(17-6-2-1-3-7-17)24(33)29-22-13-12-20(16-21(22)27)31-32-14-4-5-15-32/h1-3,6-13,23H,4-5,14-16H2,(H,29,33)(H2,28,30,34). The zero-order chi connectivity index (χ0) is 23.9. The van der Waals surface area contributed by atoms with Crippen molar-refractivity contribution >= 4 is 34.9 Å². The molecular weight excluding hydrogens is 457 g/mol. The zero-order valence-corrected chi connectivity index (χ0v) is 19.2. The van der Waals surface area contributed by atoms with E-state index >= 15 is 0 Å². The predicted octanol–water partition coefficient (Wildman–Crippen LogP) is 4.91. The molecular formula is C25H25ClFN5O2. The number of amides is 3. The van der Waals surface area contributed by atoms with Gasteiger partial charge in [0.15, 0.2) is 0 Å². The van der Waals surface area contributed by atoms with Gasteiger partial charge in [0.1, 0.15) is 11.9 Å². The summed E-state index contributed by atoms with van der Waals surface area (Å²) in [5.74, 6) is -1.04. The first-order valence-electron chi connectivity index (χ1n) is 11.1. The summed E-state index contributed by atoms with van der Waals surface area (Å²) in [5.41, 5.74) is 1.75. The summed E-state index contributed by atoms with van der Waals surface area (Å²) in [6, 6.07) is 13.7. The third-order valence-corrected chi connectivity index (χ3v) is 5.71. The fraction of sp³-hybridized carbons (Fsp3) is 0.240. The molecule has 1 saturated heterocycles. The highest BCUT2D eigenvalue weighted by Gasteiger charge is 2.25. The van der Waals surface area contributed by atoms with E-state index in [1.165, 1.54) is 6.08 Å². The van der Waals surface area contributed by atoms with E-state index in [-0.39, 0.29) is 12.1 Å². The maximum atomic E-state index is 14.8. The molecule has 1 heterocycles. The minimum absolute atomic E-state index is 0.00307. The summed E-state index contributed by atoms with van der Waals surface area (Å²) in [7, 11) is 0. The Morgan fingerprint density at radius 2 is 1.68 bits per heavy atom. The van der Waals surface area contributed by atoms with Crippen LogP contribution in [0.2, 0.25) is 5.02 Å². The maximum absolute atomic E-state index is 14.8. The molecule has 0 spiro atoms. The number of hydrogen-bond acceptors (Lipinski definition) is 4. The summed E-state index contributed by atoms with van der Waals surface area (Å²) in [6.07, 6.45) is 5.37. The number of nitrogens with one attached hydrogen (secondary N) is 3. The third kappa shape index (κ3) is 6.23. The highest BCUT2D eigenvalue weighted by Crippen LogP contribution is 2.21. The fourth-order valence-corrected chi connectivity index (χ4v) is 3.85. The molecule has 2 aromatic rings. The average molecular weight is 482 g/mol. The van der Waals surface area contributed by atoms with E-state index in [1.54, 1.807) is 60.7 Å². The Labute approximate surface area is 202 Å². The highest BCUT2D eigenvalue weighted by molar-refractivity contribution is 6.30. The van der Waals surface area contributed by atoms with Crippen molar-refractivity contribution in [1.29, 1.82) is 0 Å². The molecule has 0 radical (unpaired) electrons. The number of rotatable bonds is 6. The van der Waals surface area contributed by atoms with E-state index in [2.05, 4.69) is 21.1 Å². The summed E-state index contributed by atoms with van der Waals surface area (Å²) < 4.78 is 14.8. The average Bonchev–Trinajstić information content (AvgIpc) is 3.34. The Balaban J connectivity index is 1.45. The van der Waals surface area contributed by atoms with Crippen molar-refractivity contribution in [3.8, 4) is 0 Å². The van der Waals surface area contributed by atoms with Crippen LogP contribution in [0.3, 0.4) is 0 Å². The Morgan fingerprint density at radius 3 is 2.35 bits per heavy atom. The molecule has 34 heavy (non-hydrogen) atoms. The van der Waals surface area contributed by atoms with E-state index in [9.17, 15) is 14.0 Å². The van der Waals surface area contributed by atoms with E-state index in [0.717, 1.165) is 25.9 Å². The molecule has 1 unspecified atom stereocenters. The normalized spacial score (nSPS) is 17.6. The van der Waals surface area contributed by atoms with Crippen molar-refractivity contribution in [3.63, 3.8) is 0 Å². The molecule has 0 bridgehead atoms. The van der Waals surface area contributed by atoms with Crippen molar-refractivity contribution in [3.05, 3.63) is 88.9 Å². The van der Waals surface area contributed by atoms with Crippen LogP contribution >= 0.6 is 11.6 Å². The molecule has 2 aliphatic rings. The van der Waals surface area contributed by atoms with Gasteiger partial charge in [-0.15, -0.1) is 0 Å². The fourth-order valence-electron chi connectivity index (χ4n) is 3.73. The lowest BCUT2D eigenvalue weighted by Gasteiger charge is -2.21. The highest BCUT2D eigenvalue weighted by atomic mass is 35.5. The molecule has 1 atom stereocenters. The lowest BCUT2D eigenvalue weighted by molar-refractivity contribution is -0.122.